The number of methoxy groups -OCH3 is 2. The number of nitrogens with two attached hydrogens (primary N) is 1. The van der Waals surface area contributed by atoms with Crippen LogP contribution >= 0.6 is 0 Å². The number of amides is 2. The van der Waals surface area contributed by atoms with Crippen molar-refractivity contribution in [3.05, 3.63) is 54.1 Å². The van der Waals surface area contributed by atoms with Gasteiger partial charge >= 0.3 is 0 Å². The average molecular weight is 398 g/mol. The Balaban J connectivity index is 2.20. The largest absolute Gasteiger partial charge is 0.495 e. The van der Waals surface area contributed by atoms with Gasteiger partial charge in [0, 0.05) is 13.0 Å². The van der Waals surface area contributed by atoms with E-state index in [0.29, 0.717) is 22.9 Å². The second-order valence-electron chi connectivity index (χ2n) is 6.13. The lowest BCUT2D eigenvalue weighted by molar-refractivity contribution is -0.120. The molecule has 0 aliphatic heterocycles. The first kappa shape index (κ1) is 21.8. The Labute approximate surface area is 170 Å². The molecule has 2 aromatic carbocycles. The second-order valence-corrected chi connectivity index (χ2v) is 6.13. The Bertz CT molecular complexity index is 879. The number of benzene rings is 2. The van der Waals surface area contributed by atoms with E-state index in [9.17, 15) is 9.59 Å². The molecule has 0 saturated heterocycles. The summed E-state index contributed by atoms with van der Waals surface area (Å²) in [5.41, 5.74) is 6.77. The third kappa shape index (κ3) is 6.00. The van der Waals surface area contributed by atoms with Gasteiger partial charge in [-0.05, 0) is 36.8 Å². The van der Waals surface area contributed by atoms with Gasteiger partial charge in [0.15, 0.2) is 18.1 Å². The van der Waals surface area contributed by atoms with Crippen LogP contribution in [0.25, 0.3) is 6.08 Å². The Hall–Kier alpha value is -3.48. The van der Waals surface area contributed by atoms with E-state index in [1.54, 1.807) is 30.3 Å². The highest BCUT2D eigenvalue weighted by Gasteiger charge is 2.21. The lowest BCUT2D eigenvalue weighted by Gasteiger charge is -2.24. The van der Waals surface area contributed by atoms with Crippen LogP contribution in [0.1, 0.15) is 18.9 Å². The fraction of sp³-hybridized carbons (Fsp3) is 0.273. The molecule has 0 bridgehead atoms. The van der Waals surface area contributed by atoms with Crippen molar-refractivity contribution < 1.29 is 23.8 Å². The van der Waals surface area contributed by atoms with E-state index in [0.717, 1.165) is 5.56 Å². The summed E-state index contributed by atoms with van der Waals surface area (Å²) in [5.74, 6) is 0.646. The molecule has 0 unspecified atom stereocenters. The number of carbonyl (C=O) groups is 2. The van der Waals surface area contributed by atoms with E-state index in [1.807, 2.05) is 31.2 Å². The molecule has 154 valence electrons. The number of hydrogen-bond donors (Lipinski definition) is 1. The summed E-state index contributed by atoms with van der Waals surface area (Å²) < 4.78 is 16.4. The molecule has 0 saturated carbocycles. The summed E-state index contributed by atoms with van der Waals surface area (Å²) in [5, 5.41) is 0. The Morgan fingerprint density at radius 2 is 1.76 bits per heavy atom. The molecule has 2 aromatic rings. The van der Waals surface area contributed by atoms with Crippen molar-refractivity contribution in [3.63, 3.8) is 0 Å². The van der Waals surface area contributed by atoms with Gasteiger partial charge in [-0.3, -0.25) is 9.59 Å². The summed E-state index contributed by atoms with van der Waals surface area (Å²) in [4.78, 5) is 25.6. The van der Waals surface area contributed by atoms with Crippen molar-refractivity contribution in [2.24, 2.45) is 5.73 Å². The topological polar surface area (TPSA) is 91.1 Å². The number of allylic oxidation sites excluding steroid dienone is 1. The van der Waals surface area contributed by atoms with Gasteiger partial charge in [0.25, 0.3) is 5.91 Å². The molecule has 0 aliphatic carbocycles. The molecule has 0 aromatic heterocycles. The van der Waals surface area contributed by atoms with Gasteiger partial charge in [0.05, 0.1) is 19.9 Å². The van der Waals surface area contributed by atoms with Gasteiger partial charge in [-0.2, -0.15) is 0 Å². The van der Waals surface area contributed by atoms with Crippen LogP contribution in [0.2, 0.25) is 0 Å². The van der Waals surface area contributed by atoms with Crippen LogP contribution in [0.3, 0.4) is 0 Å². The number of para-hydroxylation sites is 2. The third-order valence-electron chi connectivity index (χ3n) is 4.16. The van der Waals surface area contributed by atoms with Crippen LogP contribution in [0.5, 0.6) is 17.2 Å². The van der Waals surface area contributed by atoms with E-state index in [1.165, 1.54) is 19.1 Å². The summed E-state index contributed by atoms with van der Waals surface area (Å²) in [6.45, 7) is 1.81. The summed E-state index contributed by atoms with van der Waals surface area (Å²) in [6.07, 6.45) is 3.87. The average Bonchev–Trinajstić information content (AvgIpc) is 2.73. The minimum Gasteiger partial charge on any atom is -0.495 e. The molecule has 0 heterocycles. The van der Waals surface area contributed by atoms with Gasteiger partial charge in [-0.1, -0.05) is 30.4 Å². The fourth-order valence-corrected chi connectivity index (χ4v) is 2.77. The molecule has 0 aliphatic rings. The first-order valence-electron chi connectivity index (χ1n) is 9.15. The highest BCUT2D eigenvalue weighted by Crippen LogP contribution is 2.30. The van der Waals surface area contributed by atoms with Crippen LogP contribution in [0.4, 0.5) is 5.69 Å². The zero-order valence-corrected chi connectivity index (χ0v) is 16.9. The van der Waals surface area contributed by atoms with Gasteiger partial charge in [0.2, 0.25) is 5.91 Å². The van der Waals surface area contributed by atoms with Crippen LogP contribution in [0, 0.1) is 0 Å². The Kier molecular flexibility index (Phi) is 8.09. The van der Waals surface area contributed by atoms with Gasteiger partial charge < -0.3 is 24.8 Å². The first-order valence-corrected chi connectivity index (χ1v) is 9.15. The van der Waals surface area contributed by atoms with Gasteiger partial charge in [0.1, 0.15) is 5.75 Å². The van der Waals surface area contributed by atoms with Crippen molar-refractivity contribution >= 4 is 23.6 Å². The molecule has 2 rings (SSSR count). The van der Waals surface area contributed by atoms with E-state index in [-0.39, 0.29) is 25.5 Å². The first-order chi connectivity index (χ1) is 14.0. The summed E-state index contributed by atoms with van der Waals surface area (Å²) in [6, 6.07) is 12.5. The fourth-order valence-electron chi connectivity index (χ4n) is 2.77. The van der Waals surface area contributed by atoms with Gasteiger partial charge in [-0.25, -0.2) is 0 Å². The minimum absolute atomic E-state index is 0.0190. The quantitative estimate of drug-likeness (QED) is 0.664. The smallest absolute Gasteiger partial charge is 0.265 e. The van der Waals surface area contributed by atoms with Crippen LogP contribution < -0.4 is 24.8 Å². The predicted molar refractivity (Wildman–Crippen MR) is 112 cm³/mol. The zero-order valence-electron chi connectivity index (χ0n) is 16.9. The molecule has 0 fully saturated rings. The molecule has 29 heavy (non-hydrogen) atoms. The maximum atomic E-state index is 12.9. The maximum Gasteiger partial charge on any atom is 0.265 e. The SMILES string of the molecule is C/C=C/c1ccc(OCC(=O)N(CCC(N)=O)c2ccccc2OC)c(OC)c1. The number of ether oxygens (including phenoxy) is 3. The number of hydrogen-bond acceptors (Lipinski definition) is 5. The molecule has 2 amide bonds. The van der Waals surface area contributed by atoms with E-state index in [2.05, 4.69) is 0 Å². The van der Waals surface area contributed by atoms with Crippen molar-refractivity contribution in [1.29, 1.82) is 0 Å². The summed E-state index contributed by atoms with van der Waals surface area (Å²) in [7, 11) is 3.06. The number of carbonyl (C=O) groups excluding carboxylic acids is 2. The van der Waals surface area contributed by atoms with Crippen molar-refractivity contribution in [3.8, 4) is 17.2 Å². The molecule has 0 radical (unpaired) electrons. The Morgan fingerprint density at radius 3 is 2.41 bits per heavy atom. The molecule has 7 heteroatoms. The number of primary amides is 1. The number of nitrogens with zero attached hydrogens (tertiary/aromatic N) is 1. The maximum absolute atomic E-state index is 12.9. The van der Waals surface area contributed by atoms with E-state index in [4.69, 9.17) is 19.9 Å². The zero-order chi connectivity index (χ0) is 21.2. The standard InChI is InChI=1S/C22H26N2O5/c1-4-7-16-10-11-19(20(14-16)28-3)29-15-22(26)24(13-12-21(23)25)17-8-5-6-9-18(17)27-2/h4-11,14H,12-13,15H2,1-3H3,(H2,23,25)/b7-4+. The lowest BCUT2D eigenvalue weighted by atomic mass is 10.2. The van der Waals surface area contributed by atoms with Crippen molar-refractivity contribution in [2.75, 3.05) is 32.3 Å². The predicted octanol–water partition coefficient (Wildman–Crippen LogP) is 3.02. The number of anilines is 1. The molecular weight excluding hydrogens is 372 g/mol. The normalized spacial score (nSPS) is 10.6. The summed E-state index contributed by atoms with van der Waals surface area (Å²) >= 11 is 0. The van der Waals surface area contributed by atoms with Gasteiger partial charge in [-0.15, -0.1) is 0 Å². The highest BCUT2D eigenvalue weighted by atomic mass is 16.5. The number of rotatable bonds is 10. The monoisotopic (exact) mass is 398 g/mol. The molecule has 0 atom stereocenters. The van der Waals surface area contributed by atoms with Crippen LogP contribution in [-0.2, 0) is 9.59 Å². The second kappa shape index (κ2) is 10.8. The van der Waals surface area contributed by atoms with Crippen molar-refractivity contribution in [2.45, 2.75) is 13.3 Å². The molecule has 0 spiro atoms. The highest BCUT2D eigenvalue weighted by molar-refractivity contribution is 5.96. The molecular formula is C22H26N2O5. The molecule has 7 nitrogen and oxygen atoms in total. The lowest BCUT2D eigenvalue weighted by Crippen LogP contribution is -2.37. The molecule has 2 N–H and O–H groups in total. The van der Waals surface area contributed by atoms with Crippen LogP contribution in [0.15, 0.2) is 48.5 Å². The Morgan fingerprint density at radius 1 is 1.03 bits per heavy atom. The minimum atomic E-state index is -0.500. The van der Waals surface area contributed by atoms with Crippen LogP contribution in [-0.4, -0.2) is 39.2 Å². The third-order valence-corrected chi connectivity index (χ3v) is 4.16. The van der Waals surface area contributed by atoms with E-state index >= 15 is 0 Å². The van der Waals surface area contributed by atoms with E-state index < -0.39 is 5.91 Å². The van der Waals surface area contributed by atoms with Crippen molar-refractivity contribution in [1.82, 2.24) is 0 Å².